The number of anilines is 1. The molecule has 0 saturated carbocycles. The number of benzene rings is 1. The van der Waals surface area contributed by atoms with Gasteiger partial charge in [0.2, 0.25) is 5.82 Å². The summed E-state index contributed by atoms with van der Waals surface area (Å²) in [6.45, 7) is 0.198. The Kier molecular flexibility index (Phi) is 3.08. The zero-order valence-electron chi connectivity index (χ0n) is 10.9. The first-order chi connectivity index (χ1) is 9.70. The molecule has 1 aromatic carbocycles. The van der Waals surface area contributed by atoms with Crippen LogP contribution in [0.5, 0.6) is 5.75 Å². The fraction of sp³-hybridized carbons (Fsp3) is 0.154. The molecule has 7 nitrogen and oxygen atoms in total. The molecule has 0 unspecified atom stereocenters. The summed E-state index contributed by atoms with van der Waals surface area (Å²) in [6.07, 6.45) is 1.82. The summed E-state index contributed by atoms with van der Waals surface area (Å²) in [4.78, 5) is 4.22. The number of nitrogen functional groups attached to an aromatic ring is 1. The number of nitrogens with two attached hydrogens (primary N) is 1. The van der Waals surface area contributed by atoms with E-state index in [0.717, 1.165) is 0 Å². The molecule has 0 aliphatic carbocycles. The van der Waals surface area contributed by atoms with Crippen molar-refractivity contribution >= 4 is 5.69 Å². The summed E-state index contributed by atoms with van der Waals surface area (Å²) >= 11 is 0. The average Bonchev–Trinajstić information content (AvgIpc) is 3.07. The van der Waals surface area contributed by atoms with Crippen molar-refractivity contribution in [3.05, 3.63) is 42.4 Å². The van der Waals surface area contributed by atoms with Crippen LogP contribution in [0.15, 0.2) is 41.1 Å². The van der Waals surface area contributed by atoms with Crippen LogP contribution in [0.3, 0.4) is 0 Å². The third-order valence-corrected chi connectivity index (χ3v) is 2.65. The first kappa shape index (κ1) is 12.2. The lowest BCUT2D eigenvalue weighted by Crippen LogP contribution is -1.96. The Morgan fingerprint density at radius 2 is 2.05 bits per heavy atom. The maximum Gasteiger partial charge on any atom is 0.264 e. The van der Waals surface area contributed by atoms with E-state index >= 15 is 0 Å². The highest BCUT2D eigenvalue weighted by atomic mass is 16.5. The molecule has 102 valence electrons. The first-order valence-electron chi connectivity index (χ1n) is 6.01. The van der Waals surface area contributed by atoms with E-state index in [1.54, 1.807) is 28.9 Å². The molecular formula is C13H13N5O2. The molecule has 20 heavy (non-hydrogen) atoms. The van der Waals surface area contributed by atoms with E-state index in [9.17, 15) is 0 Å². The second kappa shape index (κ2) is 5.04. The zero-order chi connectivity index (χ0) is 13.9. The minimum absolute atomic E-state index is 0.198. The van der Waals surface area contributed by atoms with Crippen LogP contribution in [0.1, 0.15) is 5.89 Å². The van der Waals surface area contributed by atoms with Gasteiger partial charge in [0, 0.05) is 18.9 Å². The molecule has 0 atom stereocenters. The molecule has 2 heterocycles. The summed E-state index contributed by atoms with van der Waals surface area (Å²) in [5.74, 6) is 1.53. The minimum atomic E-state index is 0.198. The molecule has 0 fully saturated rings. The standard InChI is InChI=1S/C13H13N5O2/c1-18-7-6-11(16-18)13-15-12(20-17-13)8-19-10-4-2-9(14)3-5-10/h2-7H,8,14H2,1H3. The second-order valence-electron chi connectivity index (χ2n) is 4.24. The van der Waals surface area contributed by atoms with Gasteiger partial charge in [-0.1, -0.05) is 5.16 Å². The number of aromatic nitrogens is 4. The van der Waals surface area contributed by atoms with Gasteiger partial charge < -0.3 is 15.0 Å². The highest BCUT2D eigenvalue weighted by Crippen LogP contribution is 2.16. The minimum Gasteiger partial charge on any atom is -0.484 e. The molecule has 3 rings (SSSR count). The quantitative estimate of drug-likeness (QED) is 0.725. The van der Waals surface area contributed by atoms with Crippen molar-refractivity contribution in [1.82, 2.24) is 19.9 Å². The highest BCUT2D eigenvalue weighted by Gasteiger charge is 2.11. The predicted molar refractivity (Wildman–Crippen MR) is 71.7 cm³/mol. The van der Waals surface area contributed by atoms with Gasteiger partial charge in [0.05, 0.1) is 0 Å². The Hall–Kier alpha value is -2.83. The molecule has 0 radical (unpaired) electrons. The Morgan fingerprint density at radius 3 is 2.75 bits per heavy atom. The smallest absolute Gasteiger partial charge is 0.264 e. The van der Waals surface area contributed by atoms with E-state index in [4.69, 9.17) is 15.0 Å². The van der Waals surface area contributed by atoms with Gasteiger partial charge >= 0.3 is 0 Å². The van der Waals surface area contributed by atoms with Gasteiger partial charge in [-0.2, -0.15) is 10.1 Å². The number of hydrogen-bond acceptors (Lipinski definition) is 6. The van der Waals surface area contributed by atoms with Gasteiger partial charge in [0.25, 0.3) is 5.89 Å². The van der Waals surface area contributed by atoms with Crippen molar-refractivity contribution in [3.8, 4) is 17.3 Å². The van der Waals surface area contributed by atoms with Crippen LogP contribution >= 0.6 is 0 Å². The summed E-state index contributed by atoms with van der Waals surface area (Å²) in [5.41, 5.74) is 6.95. The van der Waals surface area contributed by atoms with Crippen LogP contribution in [0.4, 0.5) is 5.69 Å². The Balaban J connectivity index is 1.67. The molecule has 7 heteroatoms. The topological polar surface area (TPSA) is 92.0 Å². The van der Waals surface area contributed by atoms with E-state index < -0.39 is 0 Å². The van der Waals surface area contributed by atoms with Crippen molar-refractivity contribution in [1.29, 1.82) is 0 Å². The molecular weight excluding hydrogens is 258 g/mol. The monoisotopic (exact) mass is 271 g/mol. The fourth-order valence-electron chi connectivity index (χ4n) is 1.66. The molecule has 0 aliphatic rings. The lowest BCUT2D eigenvalue weighted by atomic mass is 10.3. The second-order valence-corrected chi connectivity index (χ2v) is 4.24. The molecule has 3 aromatic rings. The maximum atomic E-state index is 5.60. The molecule has 0 saturated heterocycles. The zero-order valence-corrected chi connectivity index (χ0v) is 10.9. The molecule has 0 aliphatic heterocycles. The molecule has 2 aromatic heterocycles. The maximum absolute atomic E-state index is 5.60. The van der Waals surface area contributed by atoms with Gasteiger partial charge in [-0.25, -0.2) is 0 Å². The molecule has 2 N–H and O–H groups in total. The number of ether oxygens (including phenoxy) is 1. The summed E-state index contributed by atoms with van der Waals surface area (Å²) in [6, 6.07) is 8.91. The lowest BCUT2D eigenvalue weighted by Gasteiger charge is -2.02. The van der Waals surface area contributed by atoms with Crippen molar-refractivity contribution in [2.45, 2.75) is 6.61 Å². The van der Waals surface area contributed by atoms with Crippen molar-refractivity contribution in [2.75, 3.05) is 5.73 Å². The SMILES string of the molecule is Cn1ccc(-c2noc(COc3ccc(N)cc3)n2)n1. The predicted octanol–water partition coefficient (Wildman–Crippen LogP) is 1.63. The van der Waals surface area contributed by atoms with Crippen LogP contribution in [-0.4, -0.2) is 19.9 Å². The van der Waals surface area contributed by atoms with Crippen molar-refractivity contribution in [2.24, 2.45) is 7.05 Å². The van der Waals surface area contributed by atoms with Gasteiger partial charge in [0.15, 0.2) is 6.61 Å². The number of aryl methyl sites for hydroxylation is 1. The highest BCUT2D eigenvalue weighted by molar-refractivity contribution is 5.46. The summed E-state index contributed by atoms with van der Waals surface area (Å²) in [5, 5.41) is 8.06. The van der Waals surface area contributed by atoms with Crippen LogP contribution in [0.2, 0.25) is 0 Å². The summed E-state index contributed by atoms with van der Waals surface area (Å²) < 4.78 is 12.3. The van der Waals surface area contributed by atoms with Gasteiger partial charge in [-0.05, 0) is 30.3 Å². The molecule has 0 bridgehead atoms. The van der Waals surface area contributed by atoms with Gasteiger partial charge in [0.1, 0.15) is 11.4 Å². The Labute approximate surface area is 115 Å². The third-order valence-electron chi connectivity index (χ3n) is 2.65. The van der Waals surface area contributed by atoms with E-state index in [2.05, 4.69) is 15.2 Å². The van der Waals surface area contributed by atoms with Gasteiger partial charge in [-0.15, -0.1) is 0 Å². The normalized spacial score (nSPS) is 10.7. The van der Waals surface area contributed by atoms with Crippen molar-refractivity contribution in [3.63, 3.8) is 0 Å². The molecule has 0 spiro atoms. The number of hydrogen-bond donors (Lipinski definition) is 1. The third kappa shape index (κ3) is 2.61. The van der Waals surface area contributed by atoms with Crippen LogP contribution in [-0.2, 0) is 13.7 Å². The Morgan fingerprint density at radius 1 is 1.25 bits per heavy atom. The largest absolute Gasteiger partial charge is 0.484 e. The van der Waals surface area contributed by atoms with Crippen molar-refractivity contribution < 1.29 is 9.26 Å². The van der Waals surface area contributed by atoms with E-state index in [1.807, 2.05) is 19.3 Å². The molecule has 0 amide bonds. The summed E-state index contributed by atoms with van der Waals surface area (Å²) in [7, 11) is 1.83. The number of nitrogens with zero attached hydrogens (tertiary/aromatic N) is 4. The van der Waals surface area contributed by atoms with Crippen LogP contribution < -0.4 is 10.5 Å². The van der Waals surface area contributed by atoms with E-state index in [0.29, 0.717) is 28.8 Å². The van der Waals surface area contributed by atoms with Crippen LogP contribution in [0, 0.1) is 0 Å². The van der Waals surface area contributed by atoms with Crippen LogP contribution in [0.25, 0.3) is 11.5 Å². The lowest BCUT2D eigenvalue weighted by molar-refractivity contribution is 0.243. The van der Waals surface area contributed by atoms with E-state index in [1.165, 1.54) is 0 Å². The van der Waals surface area contributed by atoms with Gasteiger partial charge in [-0.3, -0.25) is 4.68 Å². The average molecular weight is 271 g/mol. The Bertz CT molecular complexity index is 702. The number of rotatable bonds is 4. The first-order valence-corrected chi connectivity index (χ1v) is 6.01. The van der Waals surface area contributed by atoms with E-state index in [-0.39, 0.29) is 6.61 Å². The fourth-order valence-corrected chi connectivity index (χ4v) is 1.66.